The van der Waals surface area contributed by atoms with E-state index in [2.05, 4.69) is 0 Å². The minimum absolute atomic E-state index is 0.0167. The largest absolute Gasteiger partial charge is 0.461 e. The van der Waals surface area contributed by atoms with Gasteiger partial charge in [-0.25, -0.2) is 0 Å². The van der Waals surface area contributed by atoms with Gasteiger partial charge in [0.25, 0.3) is 0 Å². The lowest BCUT2D eigenvalue weighted by atomic mass is 9.43. The first-order chi connectivity index (χ1) is 14.0. The number of hydrogen-bond donors (Lipinski definition) is 2. The van der Waals surface area contributed by atoms with Crippen molar-refractivity contribution in [2.45, 2.75) is 77.4 Å². The van der Waals surface area contributed by atoms with Crippen LogP contribution in [0.1, 0.15) is 65.7 Å². The molecule has 0 aromatic rings. The van der Waals surface area contributed by atoms with Crippen molar-refractivity contribution in [3.05, 3.63) is 0 Å². The summed E-state index contributed by atoms with van der Waals surface area (Å²) in [6.07, 6.45) is 2.35. The summed E-state index contributed by atoms with van der Waals surface area (Å²) in [7, 11) is 0. The molecule has 0 saturated heterocycles. The summed E-state index contributed by atoms with van der Waals surface area (Å²) in [5.74, 6) is -1.47. The van der Waals surface area contributed by atoms with Gasteiger partial charge in [0.15, 0.2) is 5.78 Å². The van der Waals surface area contributed by atoms with Gasteiger partial charge in [-0.05, 0) is 43.4 Å². The Kier molecular flexibility index (Phi) is 5.01. The number of aliphatic hydroxyl groups excluding tert-OH is 1. The van der Waals surface area contributed by atoms with Crippen molar-refractivity contribution in [2.75, 3.05) is 6.61 Å². The average Bonchev–Trinajstić information content (AvgIpc) is 2.93. The molecule has 7 nitrogen and oxygen atoms in total. The molecular formula is C23H32O7. The first-order valence-corrected chi connectivity index (χ1v) is 11.1. The third-order valence-electron chi connectivity index (χ3n) is 9.31. The Bertz CT molecular complexity index is 803. The van der Waals surface area contributed by atoms with Gasteiger partial charge in [0, 0.05) is 42.9 Å². The highest BCUT2D eigenvalue weighted by molar-refractivity contribution is 5.92. The summed E-state index contributed by atoms with van der Waals surface area (Å²) in [5.41, 5.74) is -3.22. The van der Waals surface area contributed by atoms with Crippen molar-refractivity contribution < 1.29 is 34.1 Å². The molecule has 0 aromatic heterocycles. The van der Waals surface area contributed by atoms with Crippen LogP contribution in [-0.4, -0.2) is 51.8 Å². The van der Waals surface area contributed by atoms with E-state index in [-0.39, 0.29) is 54.5 Å². The van der Waals surface area contributed by atoms with Crippen molar-refractivity contribution in [3.8, 4) is 0 Å². The van der Waals surface area contributed by atoms with Crippen LogP contribution < -0.4 is 0 Å². The second kappa shape index (κ2) is 6.95. The van der Waals surface area contributed by atoms with E-state index in [1.165, 1.54) is 6.92 Å². The van der Waals surface area contributed by atoms with E-state index in [0.29, 0.717) is 12.8 Å². The fourth-order valence-electron chi connectivity index (χ4n) is 7.84. The van der Waals surface area contributed by atoms with Crippen molar-refractivity contribution in [2.24, 2.45) is 34.5 Å². The second-order valence-corrected chi connectivity index (χ2v) is 10.5. The zero-order valence-corrected chi connectivity index (χ0v) is 18.0. The predicted octanol–water partition coefficient (Wildman–Crippen LogP) is 1.61. The first-order valence-electron chi connectivity index (χ1n) is 11.1. The zero-order chi connectivity index (χ0) is 22.1. The first kappa shape index (κ1) is 21.6. The molecule has 0 aliphatic heterocycles. The number of hydrogen-bond acceptors (Lipinski definition) is 7. The highest BCUT2D eigenvalue weighted by Gasteiger charge is 2.70. The van der Waals surface area contributed by atoms with Crippen LogP contribution in [-0.2, 0) is 23.9 Å². The van der Waals surface area contributed by atoms with Crippen LogP contribution >= 0.6 is 0 Å². The molecule has 7 heteroatoms. The molecule has 4 aliphatic carbocycles. The van der Waals surface area contributed by atoms with Gasteiger partial charge >= 0.3 is 5.97 Å². The summed E-state index contributed by atoms with van der Waals surface area (Å²) in [6.45, 7) is 4.40. The van der Waals surface area contributed by atoms with E-state index in [0.717, 1.165) is 12.8 Å². The monoisotopic (exact) mass is 420 g/mol. The summed E-state index contributed by atoms with van der Waals surface area (Å²) in [5, 5.41) is 20.7. The number of aliphatic hydroxyl groups is 2. The quantitative estimate of drug-likeness (QED) is 0.666. The average molecular weight is 421 g/mol. The van der Waals surface area contributed by atoms with Gasteiger partial charge in [0.1, 0.15) is 29.9 Å². The maximum absolute atomic E-state index is 13.6. The van der Waals surface area contributed by atoms with Crippen LogP contribution in [0, 0.1) is 34.5 Å². The number of ether oxygens (including phenoxy) is 1. The van der Waals surface area contributed by atoms with Crippen molar-refractivity contribution in [1.82, 2.24) is 0 Å². The molecule has 166 valence electrons. The lowest BCUT2D eigenvalue weighted by Gasteiger charge is -2.61. The topological polar surface area (TPSA) is 118 Å². The van der Waals surface area contributed by atoms with Gasteiger partial charge in [0.05, 0.1) is 0 Å². The maximum Gasteiger partial charge on any atom is 0.302 e. The van der Waals surface area contributed by atoms with E-state index in [4.69, 9.17) is 4.74 Å². The van der Waals surface area contributed by atoms with E-state index in [1.807, 2.05) is 13.8 Å². The van der Waals surface area contributed by atoms with Crippen LogP contribution in [0.5, 0.6) is 0 Å². The molecule has 4 saturated carbocycles. The molecule has 30 heavy (non-hydrogen) atoms. The molecule has 2 N–H and O–H groups in total. The molecule has 0 radical (unpaired) electrons. The summed E-state index contributed by atoms with van der Waals surface area (Å²) in [4.78, 5) is 50.2. The van der Waals surface area contributed by atoms with Gasteiger partial charge in [-0.1, -0.05) is 13.8 Å². The van der Waals surface area contributed by atoms with E-state index < -0.39 is 40.9 Å². The van der Waals surface area contributed by atoms with Crippen LogP contribution in [0.2, 0.25) is 0 Å². The molecule has 4 fully saturated rings. The minimum Gasteiger partial charge on any atom is -0.461 e. The normalized spacial score (nSPS) is 47.8. The number of carbonyl (C=O) groups is 4. The lowest BCUT2D eigenvalue weighted by Crippen LogP contribution is -2.65. The molecule has 8 atom stereocenters. The Morgan fingerprint density at radius 2 is 1.83 bits per heavy atom. The fraction of sp³-hybridized carbons (Fsp3) is 0.826. The summed E-state index contributed by atoms with van der Waals surface area (Å²) >= 11 is 0. The molecule has 2 unspecified atom stereocenters. The SMILES string of the molecule is CC(=O)OC1CC(=O)CC2CC[C@@H]3[C@H](C(=O)C[C@@]4(C)[C@H]3CC[C@]4(O)C(=O)CO)[C@]21C. The van der Waals surface area contributed by atoms with Gasteiger partial charge in [-0.3, -0.25) is 19.2 Å². The van der Waals surface area contributed by atoms with Crippen LogP contribution in [0.25, 0.3) is 0 Å². The third kappa shape index (κ3) is 2.70. The highest BCUT2D eigenvalue weighted by Crippen LogP contribution is 2.67. The summed E-state index contributed by atoms with van der Waals surface area (Å²) in [6, 6.07) is 0. The molecule has 0 bridgehead atoms. The van der Waals surface area contributed by atoms with Crippen LogP contribution in [0.15, 0.2) is 0 Å². The molecule has 4 rings (SSSR count). The number of rotatable bonds is 3. The van der Waals surface area contributed by atoms with Gasteiger partial charge in [0.2, 0.25) is 0 Å². The standard InChI is InChI=1S/C23H32O7/c1-12(25)30-19-9-14(26)8-13-4-5-15-16-6-7-23(29,18(28)11-24)21(16,2)10-17(27)20(15)22(13,19)3/h13,15-16,19-20,24,29H,4-11H2,1-3H3/t13?,15-,16-,19?,20+,21-,22+,23-/m0/s1. The second-order valence-electron chi connectivity index (χ2n) is 10.5. The van der Waals surface area contributed by atoms with Crippen molar-refractivity contribution in [3.63, 3.8) is 0 Å². The Labute approximate surface area is 176 Å². The number of ketones is 3. The van der Waals surface area contributed by atoms with E-state index >= 15 is 0 Å². The number of fused-ring (bicyclic) bond motifs is 5. The van der Waals surface area contributed by atoms with Crippen molar-refractivity contribution >= 4 is 23.3 Å². The molecule has 0 aromatic carbocycles. The van der Waals surface area contributed by atoms with Gasteiger partial charge in [-0.2, -0.15) is 0 Å². The number of Topliss-reactive ketones (excluding diaryl/α,β-unsaturated/α-hetero) is 3. The zero-order valence-electron chi connectivity index (χ0n) is 18.0. The van der Waals surface area contributed by atoms with Gasteiger partial charge < -0.3 is 14.9 Å². The Morgan fingerprint density at radius 1 is 1.13 bits per heavy atom. The fourth-order valence-corrected chi connectivity index (χ4v) is 7.84. The molecule has 0 heterocycles. The molecule has 4 aliphatic rings. The van der Waals surface area contributed by atoms with E-state index in [1.54, 1.807) is 0 Å². The Balaban J connectivity index is 1.75. The van der Waals surface area contributed by atoms with Crippen LogP contribution in [0.3, 0.4) is 0 Å². The maximum atomic E-state index is 13.6. The van der Waals surface area contributed by atoms with Crippen molar-refractivity contribution in [1.29, 1.82) is 0 Å². The number of carbonyl (C=O) groups excluding carboxylic acids is 4. The molecular weight excluding hydrogens is 388 g/mol. The minimum atomic E-state index is -1.69. The Morgan fingerprint density at radius 3 is 2.47 bits per heavy atom. The smallest absolute Gasteiger partial charge is 0.302 e. The summed E-state index contributed by atoms with van der Waals surface area (Å²) < 4.78 is 5.62. The number of esters is 1. The van der Waals surface area contributed by atoms with Gasteiger partial charge in [-0.15, -0.1) is 0 Å². The predicted molar refractivity (Wildman–Crippen MR) is 105 cm³/mol. The van der Waals surface area contributed by atoms with Crippen LogP contribution in [0.4, 0.5) is 0 Å². The molecule has 0 spiro atoms. The Hall–Kier alpha value is -1.60. The highest BCUT2D eigenvalue weighted by atomic mass is 16.5. The molecule has 0 amide bonds. The third-order valence-corrected chi connectivity index (χ3v) is 9.31. The van der Waals surface area contributed by atoms with E-state index in [9.17, 15) is 29.4 Å². The lowest BCUT2D eigenvalue weighted by molar-refractivity contribution is -0.199.